The van der Waals surface area contributed by atoms with E-state index in [1.165, 1.54) is 25.7 Å². The summed E-state index contributed by atoms with van der Waals surface area (Å²) in [6.07, 6.45) is 5.71. The second-order valence-electron chi connectivity index (χ2n) is 5.95. The van der Waals surface area contributed by atoms with Gasteiger partial charge in [0, 0.05) is 0 Å². The molecular weight excluding hydrogens is 249 g/mol. The first-order chi connectivity index (χ1) is 8.94. The van der Waals surface area contributed by atoms with Crippen LogP contribution >= 0.6 is 0 Å². The third-order valence-electron chi connectivity index (χ3n) is 4.00. The zero-order valence-electron chi connectivity index (χ0n) is 12.2. The Balaban J connectivity index is 2.54. The molecule has 1 rings (SSSR count). The first kappa shape index (κ1) is 16.6. The van der Waals surface area contributed by atoms with Crippen molar-refractivity contribution in [3.8, 4) is 0 Å². The minimum Gasteiger partial charge on any atom is -0.171 e. The molecule has 0 heterocycles. The van der Waals surface area contributed by atoms with Crippen LogP contribution in [0.15, 0.2) is 11.6 Å². The van der Waals surface area contributed by atoms with E-state index < -0.39 is 12.6 Å². The first-order valence-corrected chi connectivity index (χ1v) is 7.71. The van der Waals surface area contributed by atoms with E-state index in [4.69, 9.17) is 0 Å². The highest BCUT2D eigenvalue weighted by molar-refractivity contribution is 5.09. The first-order valence-electron chi connectivity index (χ1n) is 7.71. The average Bonchev–Trinajstić information content (AvgIpc) is 2.27. The number of allylic oxidation sites excluding steroid dienone is 2. The van der Waals surface area contributed by atoms with E-state index in [0.29, 0.717) is 23.8 Å². The van der Waals surface area contributed by atoms with E-state index in [1.54, 1.807) is 0 Å². The topological polar surface area (TPSA) is 0 Å². The molecule has 0 amide bonds. The quantitative estimate of drug-likeness (QED) is 0.480. The van der Waals surface area contributed by atoms with Gasteiger partial charge in [-0.15, -0.1) is 0 Å². The monoisotopic (exact) mass is 276 g/mol. The van der Waals surface area contributed by atoms with E-state index in [9.17, 15) is 13.2 Å². The van der Waals surface area contributed by atoms with Crippen molar-refractivity contribution in [2.24, 2.45) is 11.8 Å². The van der Waals surface area contributed by atoms with Crippen molar-refractivity contribution in [1.82, 2.24) is 0 Å². The molecule has 1 aliphatic rings. The van der Waals surface area contributed by atoms with Crippen LogP contribution in [0, 0.1) is 11.8 Å². The fourth-order valence-corrected chi connectivity index (χ4v) is 3.31. The Labute approximate surface area is 115 Å². The maximum atomic E-state index is 12.4. The molecule has 0 aromatic heterocycles. The van der Waals surface area contributed by atoms with E-state index in [0.717, 1.165) is 19.3 Å². The molecule has 19 heavy (non-hydrogen) atoms. The molecule has 0 N–H and O–H groups in total. The van der Waals surface area contributed by atoms with Gasteiger partial charge in [-0.2, -0.15) is 13.2 Å². The molecule has 1 atom stereocenters. The summed E-state index contributed by atoms with van der Waals surface area (Å²) >= 11 is 0. The van der Waals surface area contributed by atoms with E-state index in [1.807, 2.05) is 6.08 Å². The Morgan fingerprint density at radius 2 is 1.84 bits per heavy atom. The van der Waals surface area contributed by atoms with Gasteiger partial charge in [-0.1, -0.05) is 51.2 Å². The van der Waals surface area contributed by atoms with Crippen molar-refractivity contribution in [3.63, 3.8) is 0 Å². The zero-order valence-corrected chi connectivity index (χ0v) is 12.2. The van der Waals surface area contributed by atoms with Crippen LogP contribution in [-0.2, 0) is 0 Å². The van der Waals surface area contributed by atoms with Crippen molar-refractivity contribution in [2.75, 3.05) is 0 Å². The van der Waals surface area contributed by atoms with Crippen molar-refractivity contribution in [2.45, 2.75) is 77.8 Å². The molecule has 0 aromatic carbocycles. The predicted molar refractivity (Wildman–Crippen MR) is 74.0 cm³/mol. The average molecular weight is 276 g/mol. The smallest absolute Gasteiger partial charge is 0.171 e. The number of hydrogen-bond acceptors (Lipinski definition) is 0. The van der Waals surface area contributed by atoms with Gasteiger partial charge in [0.15, 0.2) is 0 Å². The maximum Gasteiger partial charge on any atom is 0.392 e. The van der Waals surface area contributed by atoms with Crippen LogP contribution < -0.4 is 0 Å². The van der Waals surface area contributed by atoms with Crippen LogP contribution in [-0.4, -0.2) is 6.18 Å². The van der Waals surface area contributed by atoms with E-state index in [-0.39, 0.29) is 0 Å². The lowest BCUT2D eigenvalue weighted by atomic mass is 9.81. The third-order valence-corrected chi connectivity index (χ3v) is 4.00. The Morgan fingerprint density at radius 1 is 1.21 bits per heavy atom. The minimum absolute atomic E-state index is 0.384. The summed E-state index contributed by atoms with van der Waals surface area (Å²) in [6, 6.07) is 0. The van der Waals surface area contributed by atoms with Crippen molar-refractivity contribution < 1.29 is 13.2 Å². The van der Waals surface area contributed by atoms with Gasteiger partial charge in [-0.3, -0.25) is 0 Å². The molecule has 1 aliphatic carbocycles. The highest BCUT2D eigenvalue weighted by Gasteiger charge is 2.30. The van der Waals surface area contributed by atoms with Crippen molar-refractivity contribution >= 4 is 0 Å². The Kier molecular flexibility index (Phi) is 6.95. The van der Waals surface area contributed by atoms with Crippen LogP contribution in [0.3, 0.4) is 0 Å². The Bertz CT molecular complexity index is 272. The predicted octanol–water partition coefficient (Wildman–Crippen LogP) is 6.27. The molecule has 0 saturated carbocycles. The number of hydrogen-bond donors (Lipinski definition) is 0. The molecular formula is C16H27F3. The van der Waals surface area contributed by atoms with Crippen LogP contribution in [0.2, 0.25) is 0 Å². The fourth-order valence-electron chi connectivity index (χ4n) is 3.31. The Morgan fingerprint density at radius 3 is 2.37 bits per heavy atom. The molecule has 0 fully saturated rings. The third kappa shape index (κ3) is 7.03. The largest absolute Gasteiger partial charge is 0.392 e. The summed E-state index contributed by atoms with van der Waals surface area (Å²) in [6.45, 7) is 4.38. The van der Waals surface area contributed by atoms with Crippen LogP contribution in [0.1, 0.15) is 71.6 Å². The SMILES string of the molecule is CCCC(CCC)C[C@H]1C=C(CC(F)(F)F)CCC1. The maximum absolute atomic E-state index is 12.4. The summed E-state index contributed by atoms with van der Waals surface area (Å²) in [7, 11) is 0. The van der Waals surface area contributed by atoms with Gasteiger partial charge < -0.3 is 0 Å². The molecule has 0 aromatic rings. The minimum atomic E-state index is -4.04. The van der Waals surface area contributed by atoms with E-state index >= 15 is 0 Å². The number of alkyl halides is 3. The van der Waals surface area contributed by atoms with Crippen LogP contribution in [0.25, 0.3) is 0 Å². The number of rotatable bonds is 7. The fraction of sp³-hybridized carbons (Fsp3) is 0.875. The van der Waals surface area contributed by atoms with Gasteiger partial charge in [0.25, 0.3) is 0 Å². The molecule has 0 saturated heterocycles. The number of halogens is 3. The molecule has 0 unspecified atom stereocenters. The van der Waals surface area contributed by atoms with Gasteiger partial charge in [0.05, 0.1) is 6.42 Å². The molecule has 0 radical (unpaired) electrons. The van der Waals surface area contributed by atoms with Crippen molar-refractivity contribution in [1.29, 1.82) is 0 Å². The highest BCUT2D eigenvalue weighted by atomic mass is 19.4. The summed E-state index contributed by atoms with van der Waals surface area (Å²) < 4.78 is 37.3. The normalized spacial score (nSPS) is 20.7. The lowest BCUT2D eigenvalue weighted by molar-refractivity contribution is -0.127. The van der Waals surface area contributed by atoms with E-state index in [2.05, 4.69) is 13.8 Å². The van der Waals surface area contributed by atoms with Gasteiger partial charge in [0.2, 0.25) is 0 Å². The zero-order chi connectivity index (χ0) is 14.3. The second kappa shape index (κ2) is 7.96. The molecule has 0 spiro atoms. The Hall–Kier alpha value is -0.470. The highest BCUT2D eigenvalue weighted by Crippen LogP contribution is 2.35. The van der Waals surface area contributed by atoms with Crippen LogP contribution in [0.5, 0.6) is 0 Å². The summed E-state index contributed by atoms with van der Waals surface area (Å²) in [5.74, 6) is 1.08. The molecule has 112 valence electrons. The van der Waals surface area contributed by atoms with Crippen molar-refractivity contribution in [3.05, 3.63) is 11.6 Å². The summed E-state index contributed by atoms with van der Waals surface area (Å²) in [5, 5.41) is 0. The van der Waals surface area contributed by atoms with Gasteiger partial charge in [-0.05, 0) is 37.5 Å². The second-order valence-corrected chi connectivity index (χ2v) is 5.95. The lowest BCUT2D eigenvalue weighted by Crippen LogP contribution is -2.15. The molecule has 0 nitrogen and oxygen atoms in total. The summed E-state index contributed by atoms with van der Waals surface area (Å²) in [4.78, 5) is 0. The standard InChI is InChI=1S/C16H27F3/c1-3-6-13(7-4-2)10-14-8-5-9-15(11-14)12-16(17,18)19/h11,13-14H,3-10,12H2,1-2H3/t14-/m0/s1. The van der Waals surface area contributed by atoms with Gasteiger partial charge >= 0.3 is 6.18 Å². The molecule has 0 aliphatic heterocycles. The molecule has 0 bridgehead atoms. The van der Waals surface area contributed by atoms with Gasteiger partial charge in [0.1, 0.15) is 0 Å². The summed E-state index contributed by atoms with van der Waals surface area (Å²) in [5.41, 5.74) is 0.621. The van der Waals surface area contributed by atoms with Gasteiger partial charge in [-0.25, -0.2) is 0 Å². The van der Waals surface area contributed by atoms with Crippen LogP contribution in [0.4, 0.5) is 13.2 Å². The molecule has 3 heteroatoms. The lowest BCUT2D eigenvalue weighted by Gasteiger charge is -2.26.